The number of aromatic nitrogens is 1. The molecule has 2 atom stereocenters. The number of rotatable bonds is 6. The summed E-state index contributed by atoms with van der Waals surface area (Å²) in [6, 6.07) is -0.629. The zero-order chi connectivity index (χ0) is 19.6. The molecule has 7 nitrogen and oxygen atoms in total. The van der Waals surface area contributed by atoms with E-state index in [1.165, 1.54) is 39.8 Å². The van der Waals surface area contributed by atoms with Gasteiger partial charge in [0, 0.05) is 34.9 Å². The molecule has 2 aliphatic heterocycles. The summed E-state index contributed by atoms with van der Waals surface area (Å²) in [7, 11) is 1.70. The van der Waals surface area contributed by atoms with E-state index in [0.29, 0.717) is 10.7 Å². The number of thiazole rings is 1. The van der Waals surface area contributed by atoms with Crippen molar-refractivity contribution >= 4 is 58.5 Å². The molecule has 0 aliphatic carbocycles. The van der Waals surface area contributed by atoms with Crippen molar-refractivity contribution in [3.63, 3.8) is 0 Å². The van der Waals surface area contributed by atoms with Crippen molar-refractivity contribution in [2.24, 2.45) is 10.7 Å². The number of aliphatic carboxylic acids is 1. The molecule has 0 radical (unpaired) electrons. The third-order valence-corrected chi connectivity index (χ3v) is 7.42. The number of hydrogen-bond acceptors (Lipinski definition) is 8. The lowest BCUT2D eigenvalue weighted by Crippen LogP contribution is -2.68. The molecule has 1 aromatic rings. The van der Waals surface area contributed by atoms with Crippen molar-refractivity contribution in [3.05, 3.63) is 39.9 Å². The molecule has 3 N–H and O–H groups in total. The molecule has 0 spiro atoms. The lowest BCUT2D eigenvalue weighted by Gasteiger charge is -2.47. The smallest absolute Gasteiger partial charge is 0.353 e. The maximum absolute atomic E-state index is 12.0. The number of amides is 1. The number of carboxylic acid groups (broad SMARTS) is 1. The summed E-state index contributed by atoms with van der Waals surface area (Å²) >= 11 is 4.20. The van der Waals surface area contributed by atoms with Gasteiger partial charge in [0.05, 0.1) is 5.69 Å². The molecule has 10 heteroatoms. The number of thioether (sulfide) groups is 2. The van der Waals surface area contributed by atoms with E-state index in [9.17, 15) is 14.7 Å². The maximum atomic E-state index is 12.0. The quantitative estimate of drug-likeness (QED) is 0.412. The fraction of sp³-hybridized carbons (Fsp3) is 0.294. The molecule has 1 amide bonds. The van der Waals surface area contributed by atoms with Crippen molar-refractivity contribution in [1.82, 2.24) is 9.88 Å². The van der Waals surface area contributed by atoms with Gasteiger partial charge in [-0.1, -0.05) is 23.9 Å². The standard InChI is InChI=1S/C17H18N4O3S3/c1-3-4-9(5-6-19-2)10-7-26-17(20-10)27-11-8-25-15-12(18)14(22)21(15)13(11)16(23)24/h3-7,12,15H,8,18H2,1-2H3,(H,23,24)/b4-3-,9-5+,19-6?/t12-,15-/m1/s1. The summed E-state index contributed by atoms with van der Waals surface area (Å²) in [6.07, 6.45) is 7.42. The number of nitrogens with zero attached hydrogens (tertiary/aromatic N) is 3. The Morgan fingerprint density at radius 1 is 1.56 bits per heavy atom. The highest BCUT2D eigenvalue weighted by molar-refractivity contribution is 8.07. The van der Waals surface area contributed by atoms with Gasteiger partial charge in [0.25, 0.3) is 0 Å². The lowest BCUT2D eigenvalue weighted by atomic mass is 10.1. The molecule has 0 saturated carbocycles. The fourth-order valence-electron chi connectivity index (χ4n) is 2.67. The largest absolute Gasteiger partial charge is 0.477 e. The molecular weight excluding hydrogens is 404 g/mol. The summed E-state index contributed by atoms with van der Waals surface area (Å²) in [5.74, 6) is -0.975. The van der Waals surface area contributed by atoms with Crippen LogP contribution in [0, 0.1) is 0 Å². The van der Waals surface area contributed by atoms with Gasteiger partial charge in [-0.2, -0.15) is 0 Å². The Morgan fingerprint density at radius 2 is 2.33 bits per heavy atom. The average Bonchev–Trinajstić information content (AvgIpc) is 3.12. The van der Waals surface area contributed by atoms with Crippen molar-refractivity contribution in [2.75, 3.05) is 12.8 Å². The number of carboxylic acids is 1. The number of aliphatic imine (C=N–C) groups is 1. The maximum Gasteiger partial charge on any atom is 0.353 e. The van der Waals surface area contributed by atoms with Crippen LogP contribution in [0.4, 0.5) is 0 Å². The molecule has 0 bridgehead atoms. The van der Waals surface area contributed by atoms with Crippen molar-refractivity contribution in [2.45, 2.75) is 22.7 Å². The number of nitrogens with two attached hydrogens (primary N) is 1. The van der Waals surface area contributed by atoms with Gasteiger partial charge in [0.1, 0.15) is 17.1 Å². The predicted molar refractivity (Wildman–Crippen MR) is 111 cm³/mol. The highest BCUT2D eigenvalue weighted by Gasteiger charge is 2.52. The topological polar surface area (TPSA) is 109 Å². The number of allylic oxidation sites excluding steroid dienone is 4. The fourth-order valence-corrected chi connectivity index (χ4v) is 6.08. The number of carbonyl (C=O) groups is 2. The highest BCUT2D eigenvalue weighted by Crippen LogP contribution is 2.45. The Kier molecular flexibility index (Phi) is 6.20. The molecule has 27 heavy (non-hydrogen) atoms. The minimum Gasteiger partial charge on any atom is -0.477 e. The van der Waals surface area contributed by atoms with E-state index in [-0.39, 0.29) is 17.0 Å². The molecule has 1 saturated heterocycles. The summed E-state index contributed by atoms with van der Waals surface area (Å²) in [6.45, 7) is 1.92. The van der Waals surface area contributed by atoms with E-state index >= 15 is 0 Å². The van der Waals surface area contributed by atoms with Crippen molar-refractivity contribution < 1.29 is 14.7 Å². The molecule has 1 aromatic heterocycles. The van der Waals surface area contributed by atoms with Crippen LogP contribution in [0.3, 0.4) is 0 Å². The van der Waals surface area contributed by atoms with Crippen LogP contribution < -0.4 is 5.73 Å². The first-order valence-corrected chi connectivity index (χ1v) is 10.8. The van der Waals surface area contributed by atoms with E-state index in [4.69, 9.17) is 5.73 Å². The number of fused-ring (bicyclic) bond motifs is 1. The molecule has 1 fully saturated rings. The van der Waals surface area contributed by atoms with Gasteiger partial charge in [-0.15, -0.1) is 23.1 Å². The molecule has 3 rings (SSSR count). The Balaban J connectivity index is 1.87. The third kappa shape index (κ3) is 3.88. The Hall–Kier alpha value is -1.88. The van der Waals surface area contributed by atoms with Crippen LogP contribution in [0.1, 0.15) is 12.6 Å². The molecular formula is C17H18N4O3S3. The van der Waals surface area contributed by atoms with Gasteiger partial charge in [-0.3, -0.25) is 14.7 Å². The first-order chi connectivity index (χ1) is 13.0. The molecule has 0 aromatic carbocycles. The van der Waals surface area contributed by atoms with E-state index in [1.807, 2.05) is 30.5 Å². The minimum absolute atomic E-state index is 0.0227. The molecule has 2 aliphatic rings. The SMILES string of the molecule is C/C=C\C(=C/C=NC)c1csc(SC2=C(C(=O)O)N3C(=O)[C@@H](N)[C@H]3SC2)n1. The van der Waals surface area contributed by atoms with E-state index < -0.39 is 12.0 Å². The van der Waals surface area contributed by atoms with E-state index in [0.717, 1.165) is 15.6 Å². The summed E-state index contributed by atoms with van der Waals surface area (Å²) in [4.78, 5) is 34.2. The molecule has 142 valence electrons. The minimum atomic E-state index is -1.12. The van der Waals surface area contributed by atoms with Crippen LogP contribution in [0.5, 0.6) is 0 Å². The van der Waals surface area contributed by atoms with Crippen molar-refractivity contribution in [1.29, 1.82) is 0 Å². The number of carbonyl (C=O) groups excluding carboxylic acids is 1. The third-order valence-electron chi connectivity index (χ3n) is 3.92. The van der Waals surface area contributed by atoms with Crippen LogP contribution >= 0.6 is 34.9 Å². The summed E-state index contributed by atoms with van der Waals surface area (Å²) in [5.41, 5.74) is 7.51. The van der Waals surface area contributed by atoms with Crippen molar-refractivity contribution in [3.8, 4) is 0 Å². The molecule has 3 heterocycles. The monoisotopic (exact) mass is 422 g/mol. The van der Waals surface area contributed by atoms with Gasteiger partial charge in [0.2, 0.25) is 5.91 Å². The second kappa shape index (κ2) is 8.42. The van der Waals surface area contributed by atoms with Gasteiger partial charge >= 0.3 is 5.97 Å². The highest BCUT2D eigenvalue weighted by atomic mass is 32.2. The number of β-lactam (4-membered cyclic amide) rings is 1. The Bertz CT molecular complexity index is 888. The summed E-state index contributed by atoms with van der Waals surface area (Å²) < 4.78 is 0.721. The van der Waals surface area contributed by atoms with Crippen LogP contribution in [0.25, 0.3) is 5.57 Å². The van der Waals surface area contributed by atoms with E-state index in [2.05, 4.69) is 9.98 Å². The van der Waals surface area contributed by atoms with Crippen LogP contribution in [-0.2, 0) is 9.59 Å². The normalized spacial score (nSPS) is 23.3. The van der Waals surface area contributed by atoms with Gasteiger partial charge < -0.3 is 10.8 Å². The zero-order valence-electron chi connectivity index (χ0n) is 14.7. The zero-order valence-corrected chi connectivity index (χ0v) is 17.1. The number of hydrogen-bond donors (Lipinski definition) is 2. The molecule has 0 unspecified atom stereocenters. The first-order valence-electron chi connectivity index (χ1n) is 8.03. The van der Waals surface area contributed by atoms with E-state index in [1.54, 1.807) is 13.3 Å². The summed E-state index contributed by atoms with van der Waals surface area (Å²) in [5, 5.41) is 11.2. The predicted octanol–water partition coefficient (Wildman–Crippen LogP) is 2.43. The second-order valence-electron chi connectivity index (χ2n) is 5.64. The Morgan fingerprint density at radius 3 is 3.00 bits per heavy atom. The first kappa shape index (κ1) is 19.9. The Labute approximate surface area is 169 Å². The van der Waals surface area contributed by atoms with Gasteiger partial charge in [0.15, 0.2) is 4.34 Å². The van der Waals surface area contributed by atoms with Crippen LogP contribution in [0.15, 0.2) is 43.5 Å². The van der Waals surface area contributed by atoms with Gasteiger partial charge in [-0.05, 0) is 13.0 Å². The second-order valence-corrected chi connectivity index (χ2v) is 8.95. The lowest BCUT2D eigenvalue weighted by molar-refractivity contribution is -0.147. The van der Waals surface area contributed by atoms with Crippen LogP contribution in [0.2, 0.25) is 0 Å². The van der Waals surface area contributed by atoms with Crippen LogP contribution in [-0.4, -0.2) is 57.3 Å². The average molecular weight is 423 g/mol. The van der Waals surface area contributed by atoms with Gasteiger partial charge in [-0.25, -0.2) is 9.78 Å².